The first-order valence-electron chi connectivity index (χ1n) is 11.4. The van der Waals surface area contributed by atoms with E-state index in [0.29, 0.717) is 36.1 Å². The molecule has 0 heterocycles. The molecule has 0 saturated carbocycles. The highest BCUT2D eigenvalue weighted by atomic mass is 32.2. The highest BCUT2D eigenvalue weighted by Crippen LogP contribution is 2.33. The molecule has 2 aromatic rings. The molecule has 1 atom stereocenters. The fraction of sp³-hybridized carbons (Fsp3) is 0.480. The number of para-hydroxylation sites is 3. The minimum Gasteiger partial charge on any atom is -0.455 e. The number of carbonyl (C=O) groups is 1. The van der Waals surface area contributed by atoms with Gasteiger partial charge < -0.3 is 10.1 Å². The van der Waals surface area contributed by atoms with Crippen molar-refractivity contribution in [2.24, 2.45) is 5.92 Å². The molecule has 0 aliphatic rings. The zero-order chi connectivity index (χ0) is 23.4. The van der Waals surface area contributed by atoms with Crippen LogP contribution in [0, 0.1) is 5.92 Å². The van der Waals surface area contributed by atoms with Gasteiger partial charge in [-0.3, -0.25) is 9.10 Å². The predicted octanol–water partition coefficient (Wildman–Crippen LogP) is 5.36. The summed E-state index contributed by atoms with van der Waals surface area (Å²) in [6.45, 7) is 5.20. The second kappa shape index (κ2) is 13.1. The van der Waals surface area contributed by atoms with Crippen LogP contribution in [0.1, 0.15) is 52.4 Å². The summed E-state index contributed by atoms with van der Waals surface area (Å²) < 4.78 is 32.3. The summed E-state index contributed by atoms with van der Waals surface area (Å²) in [5.41, 5.74) is 0.463. The van der Waals surface area contributed by atoms with E-state index in [9.17, 15) is 13.2 Å². The molecule has 1 N–H and O–H groups in total. The van der Waals surface area contributed by atoms with E-state index in [4.69, 9.17) is 4.74 Å². The Balaban J connectivity index is 2.00. The molecule has 32 heavy (non-hydrogen) atoms. The summed E-state index contributed by atoms with van der Waals surface area (Å²) in [5.74, 6) is 1.53. The first kappa shape index (κ1) is 25.7. The average molecular weight is 461 g/mol. The molecule has 1 unspecified atom stereocenters. The Morgan fingerprint density at radius 2 is 1.72 bits per heavy atom. The van der Waals surface area contributed by atoms with Crippen LogP contribution < -0.4 is 14.4 Å². The Bertz CT molecular complexity index is 932. The molecule has 0 fully saturated rings. The van der Waals surface area contributed by atoms with Gasteiger partial charge in [0.2, 0.25) is 15.9 Å². The van der Waals surface area contributed by atoms with Crippen molar-refractivity contribution >= 4 is 21.6 Å². The molecule has 0 aromatic heterocycles. The third-order valence-corrected chi connectivity index (χ3v) is 6.58. The Labute approximate surface area is 193 Å². The van der Waals surface area contributed by atoms with Crippen LogP contribution in [0.25, 0.3) is 0 Å². The number of unbranched alkanes of at least 4 members (excludes halogenated alkanes) is 1. The standard InChI is InChI=1S/C25H36N2O4S/c1-4-6-13-21(5-2)20-26-25(28)18-12-19-27(32(3,29)30)23-16-10-11-17-24(23)31-22-14-8-7-9-15-22/h7-11,14-17,21H,4-6,12-13,18-20H2,1-3H3,(H,26,28). The zero-order valence-corrected chi connectivity index (χ0v) is 20.2. The van der Waals surface area contributed by atoms with Crippen LogP contribution in [0.15, 0.2) is 54.6 Å². The molecular weight excluding hydrogens is 424 g/mol. The Morgan fingerprint density at radius 3 is 2.38 bits per heavy atom. The third kappa shape index (κ3) is 8.54. The summed E-state index contributed by atoms with van der Waals surface area (Å²) >= 11 is 0. The Morgan fingerprint density at radius 1 is 1.03 bits per heavy atom. The van der Waals surface area contributed by atoms with Crippen molar-refractivity contribution in [3.63, 3.8) is 0 Å². The minimum atomic E-state index is -3.55. The van der Waals surface area contributed by atoms with Gasteiger partial charge in [-0.25, -0.2) is 8.42 Å². The number of anilines is 1. The average Bonchev–Trinajstić information content (AvgIpc) is 2.77. The molecule has 0 aliphatic carbocycles. The molecule has 6 nitrogen and oxygen atoms in total. The number of rotatable bonds is 14. The molecule has 0 spiro atoms. The number of benzene rings is 2. The van der Waals surface area contributed by atoms with Crippen LogP contribution in [0.2, 0.25) is 0 Å². The van der Waals surface area contributed by atoms with Crippen LogP contribution in [-0.2, 0) is 14.8 Å². The SMILES string of the molecule is CCCCC(CC)CNC(=O)CCCN(c1ccccc1Oc1ccccc1)S(C)(=O)=O. The van der Waals surface area contributed by atoms with Gasteiger partial charge >= 0.3 is 0 Å². The number of nitrogens with zero attached hydrogens (tertiary/aromatic N) is 1. The van der Waals surface area contributed by atoms with Gasteiger partial charge in [-0.05, 0) is 43.0 Å². The second-order valence-corrected chi connectivity index (χ2v) is 9.95. The van der Waals surface area contributed by atoms with Crippen molar-refractivity contribution in [2.45, 2.75) is 52.4 Å². The van der Waals surface area contributed by atoms with E-state index in [2.05, 4.69) is 19.2 Å². The molecule has 1 amide bonds. The Hall–Kier alpha value is -2.54. The minimum absolute atomic E-state index is 0.0396. The fourth-order valence-corrected chi connectivity index (χ4v) is 4.47. The maximum absolute atomic E-state index is 12.5. The van der Waals surface area contributed by atoms with Crippen LogP contribution in [0.5, 0.6) is 11.5 Å². The van der Waals surface area contributed by atoms with Crippen molar-refractivity contribution in [2.75, 3.05) is 23.7 Å². The largest absolute Gasteiger partial charge is 0.455 e. The van der Waals surface area contributed by atoms with E-state index >= 15 is 0 Å². The monoisotopic (exact) mass is 460 g/mol. The van der Waals surface area contributed by atoms with Gasteiger partial charge in [-0.15, -0.1) is 0 Å². The van der Waals surface area contributed by atoms with Gasteiger partial charge in [-0.2, -0.15) is 0 Å². The number of amides is 1. The van der Waals surface area contributed by atoms with E-state index < -0.39 is 10.0 Å². The van der Waals surface area contributed by atoms with Crippen LogP contribution >= 0.6 is 0 Å². The highest BCUT2D eigenvalue weighted by Gasteiger charge is 2.21. The molecule has 0 radical (unpaired) electrons. The number of carbonyl (C=O) groups excluding carboxylic acids is 1. The smallest absolute Gasteiger partial charge is 0.232 e. The molecule has 2 rings (SSSR count). The summed E-state index contributed by atoms with van der Waals surface area (Å²) in [5, 5.41) is 3.01. The van der Waals surface area contributed by atoms with Crippen molar-refractivity contribution in [1.82, 2.24) is 5.32 Å². The quantitative estimate of drug-likeness (QED) is 0.412. The first-order valence-corrected chi connectivity index (χ1v) is 13.3. The van der Waals surface area contributed by atoms with Crippen molar-refractivity contribution in [3.8, 4) is 11.5 Å². The topological polar surface area (TPSA) is 75.7 Å². The van der Waals surface area contributed by atoms with Crippen LogP contribution in [-0.4, -0.2) is 33.7 Å². The van der Waals surface area contributed by atoms with Gasteiger partial charge in [0.05, 0.1) is 11.9 Å². The molecule has 176 valence electrons. The van der Waals surface area contributed by atoms with Crippen LogP contribution in [0.3, 0.4) is 0 Å². The van der Waals surface area contributed by atoms with Gasteiger partial charge in [0.15, 0.2) is 5.75 Å². The molecular formula is C25H36N2O4S. The molecule has 7 heteroatoms. The van der Waals surface area contributed by atoms with E-state index in [1.807, 2.05) is 30.3 Å². The summed E-state index contributed by atoms with van der Waals surface area (Å²) in [4.78, 5) is 12.3. The molecule has 2 aromatic carbocycles. The molecule has 0 saturated heterocycles. The maximum Gasteiger partial charge on any atom is 0.232 e. The molecule has 0 bridgehead atoms. The van der Waals surface area contributed by atoms with Gasteiger partial charge in [0, 0.05) is 19.5 Å². The third-order valence-electron chi connectivity index (χ3n) is 5.40. The van der Waals surface area contributed by atoms with Crippen molar-refractivity contribution in [1.29, 1.82) is 0 Å². The lowest BCUT2D eigenvalue weighted by atomic mass is 9.99. The van der Waals surface area contributed by atoms with E-state index in [-0.39, 0.29) is 18.9 Å². The van der Waals surface area contributed by atoms with Gasteiger partial charge in [0.25, 0.3) is 0 Å². The predicted molar refractivity (Wildman–Crippen MR) is 131 cm³/mol. The van der Waals surface area contributed by atoms with E-state index in [1.165, 1.54) is 17.0 Å². The second-order valence-electron chi connectivity index (χ2n) is 8.04. The van der Waals surface area contributed by atoms with Crippen LogP contribution in [0.4, 0.5) is 5.69 Å². The Kier molecular flexibility index (Phi) is 10.5. The van der Waals surface area contributed by atoms with Gasteiger partial charge in [0.1, 0.15) is 5.75 Å². The summed E-state index contributed by atoms with van der Waals surface area (Å²) in [7, 11) is -3.55. The van der Waals surface area contributed by atoms with E-state index in [0.717, 1.165) is 19.3 Å². The number of hydrogen-bond donors (Lipinski definition) is 1. The summed E-state index contributed by atoms with van der Waals surface area (Å²) in [6.07, 6.45) is 6.35. The number of sulfonamides is 1. The maximum atomic E-state index is 12.5. The number of hydrogen-bond acceptors (Lipinski definition) is 4. The van der Waals surface area contributed by atoms with E-state index in [1.54, 1.807) is 24.3 Å². The molecule has 0 aliphatic heterocycles. The highest BCUT2D eigenvalue weighted by molar-refractivity contribution is 7.92. The lowest BCUT2D eigenvalue weighted by Crippen LogP contribution is -2.33. The first-order chi connectivity index (χ1) is 15.3. The normalized spacial score (nSPS) is 12.2. The van der Waals surface area contributed by atoms with Gasteiger partial charge in [-0.1, -0.05) is 63.4 Å². The lowest BCUT2D eigenvalue weighted by Gasteiger charge is -2.24. The summed E-state index contributed by atoms with van der Waals surface area (Å²) in [6, 6.07) is 16.3. The van der Waals surface area contributed by atoms with Crippen molar-refractivity contribution < 1.29 is 17.9 Å². The fourth-order valence-electron chi connectivity index (χ4n) is 3.50. The lowest BCUT2D eigenvalue weighted by molar-refractivity contribution is -0.121. The zero-order valence-electron chi connectivity index (χ0n) is 19.4. The number of ether oxygens (including phenoxy) is 1. The number of nitrogens with one attached hydrogen (secondary N) is 1. The van der Waals surface area contributed by atoms with Crippen molar-refractivity contribution in [3.05, 3.63) is 54.6 Å².